The summed E-state index contributed by atoms with van der Waals surface area (Å²) in [7, 11) is 0. The third-order valence-corrected chi connectivity index (χ3v) is 2.11. The average molecular weight is 169 g/mol. The first-order chi connectivity index (χ1) is 5.18. The van der Waals surface area contributed by atoms with Crippen LogP contribution in [0.15, 0.2) is 28.0 Å². The smallest absolute Gasteiger partial charge is 0.256 e. The lowest BCUT2D eigenvalue weighted by Crippen LogP contribution is -1.77. The number of nitrogens with zero attached hydrogens (tertiary/aromatic N) is 1. The molecule has 0 N–H and O–H groups in total. The highest BCUT2D eigenvalue weighted by Gasteiger charge is 1.99. The van der Waals surface area contributed by atoms with Gasteiger partial charge in [0.25, 0.3) is 5.22 Å². The Morgan fingerprint density at radius 2 is 2.55 bits per heavy atom. The highest BCUT2D eigenvalue weighted by Crippen LogP contribution is 2.18. The van der Waals surface area contributed by atoms with Crippen molar-refractivity contribution in [3.8, 4) is 0 Å². The molecule has 0 spiro atoms. The SMILES string of the molecule is C=C(C)CSc1ncc(C)o1. The van der Waals surface area contributed by atoms with E-state index in [-0.39, 0.29) is 0 Å². The molecule has 1 heterocycles. The molecule has 0 fully saturated rings. The Kier molecular flexibility index (Phi) is 2.76. The maximum atomic E-state index is 5.24. The van der Waals surface area contributed by atoms with Gasteiger partial charge in [0.2, 0.25) is 0 Å². The van der Waals surface area contributed by atoms with Crippen LogP contribution in [-0.4, -0.2) is 10.7 Å². The van der Waals surface area contributed by atoms with Gasteiger partial charge in [0.1, 0.15) is 5.76 Å². The molecule has 1 aromatic rings. The molecule has 1 aromatic heterocycles. The number of aromatic nitrogens is 1. The van der Waals surface area contributed by atoms with Crippen LogP contribution in [0.25, 0.3) is 0 Å². The highest BCUT2D eigenvalue weighted by atomic mass is 32.2. The van der Waals surface area contributed by atoms with Gasteiger partial charge in [0.05, 0.1) is 6.20 Å². The molecule has 0 saturated heterocycles. The van der Waals surface area contributed by atoms with E-state index in [2.05, 4.69) is 11.6 Å². The minimum atomic E-state index is 0.727. The second-order valence-corrected chi connectivity index (χ2v) is 3.41. The summed E-state index contributed by atoms with van der Waals surface area (Å²) < 4.78 is 5.24. The lowest BCUT2D eigenvalue weighted by atomic mass is 10.4. The first kappa shape index (κ1) is 8.40. The van der Waals surface area contributed by atoms with Crippen LogP contribution in [0.3, 0.4) is 0 Å². The summed E-state index contributed by atoms with van der Waals surface area (Å²) in [5, 5.41) is 0.727. The molecule has 60 valence electrons. The molecule has 11 heavy (non-hydrogen) atoms. The Bertz CT molecular complexity index is 254. The predicted octanol–water partition coefficient (Wildman–Crippen LogP) is 2.65. The van der Waals surface area contributed by atoms with Crippen LogP contribution in [0.4, 0.5) is 0 Å². The third kappa shape index (κ3) is 2.80. The van der Waals surface area contributed by atoms with Crippen LogP contribution >= 0.6 is 11.8 Å². The quantitative estimate of drug-likeness (QED) is 0.514. The first-order valence-corrected chi connectivity index (χ1v) is 4.36. The summed E-state index contributed by atoms with van der Waals surface area (Å²) in [6.45, 7) is 7.66. The van der Waals surface area contributed by atoms with Crippen LogP contribution in [0, 0.1) is 6.92 Å². The minimum absolute atomic E-state index is 0.727. The number of hydrogen-bond donors (Lipinski definition) is 0. The van der Waals surface area contributed by atoms with Crippen molar-refractivity contribution >= 4 is 11.8 Å². The Morgan fingerprint density at radius 3 is 3.00 bits per heavy atom. The number of rotatable bonds is 3. The van der Waals surface area contributed by atoms with Crippen molar-refractivity contribution in [2.75, 3.05) is 5.75 Å². The van der Waals surface area contributed by atoms with Gasteiger partial charge < -0.3 is 4.42 Å². The molecule has 3 heteroatoms. The molecule has 0 aromatic carbocycles. The molecular formula is C8H11NOS. The van der Waals surface area contributed by atoms with E-state index in [4.69, 9.17) is 4.42 Å². The Hall–Kier alpha value is -0.700. The molecule has 2 nitrogen and oxygen atoms in total. The van der Waals surface area contributed by atoms with Crippen LogP contribution < -0.4 is 0 Å². The van der Waals surface area contributed by atoms with Crippen LogP contribution in [0.5, 0.6) is 0 Å². The van der Waals surface area contributed by atoms with Crippen molar-refractivity contribution in [3.63, 3.8) is 0 Å². The number of hydrogen-bond acceptors (Lipinski definition) is 3. The fourth-order valence-electron chi connectivity index (χ4n) is 0.586. The first-order valence-electron chi connectivity index (χ1n) is 3.38. The zero-order chi connectivity index (χ0) is 8.27. The second kappa shape index (κ2) is 3.62. The summed E-state index contributed by atoms with van der Waals surface area (Å²) in [6.07, 6.45) is 1.72. The molecule has 1 rings (SSSR count). The Balaban J connectivity index is 2.45. The summed E-state index contributed by atoms with van der Waals surface area (Å²) in [5.41, 5.74) is 1.13. The zero-order valence-electron chi connectivity index (χ0n) is 6.76. The fraction of sp³-hybridized carbons (Fsp3) is 0.375. The standard InChI is InChI=1S/C8H11NOS/c1-6(2)5-11-8-9-4-7(3)10-8/h4H,1,5H2,2-3H3. The molecule has 0 radical (unpaired) electrons. The number of aryl methyl sites for hydroxylation is 1. The van der Waals surface area contributed by atoms with Crippen molar-refractivity contribution in [2.24, 2.45) is 0 Å². The van der Waals surface area contributed by atoms with Gasteiger partial charge in [0, 0.05) is 5.75 Å². The van der Waals surface area contributed by atoms with Crippen LogP contribution in [0.1, 0.15) is 12.7 Å². The van der Waals surface area contributed by atoms with E-state index >= 15 is 0 Å². The average Bonchev–Trinajstić information content (AvgIpc) is 2.31. The molecular weight excluding hydrogens is 158 g/mol. The van der Waals surface area contributed by atoms with Gasteiger partial charge >= 0.3 is 0 Å². The number of thioether (sulfide) groups is 1. The summed E-state index contributed by atoms with van der Waals surface area (Å²) in [5.74, 6) is 1.73. The normalized spacial score (nSPS) is 10.0. The minimum Gasteiger partial charge on any atom is -0.437 e. The van der Waals surface area contributed by atoms with Crippen LogP contribution in [0.2, 0.25) is 0 Å². The monoisotopic (exact) mass is 169 g/mol. The summed E-state index contributed by atoms with van der Waals surface area (Å²) >= 11 is 1.57. The van der Waals surface area contributed by atoms with Gasteiger partial charge in [-0.3, -0.25) is 0 Å². The maximum absolute atomic E-state index is 5.24. The van der Waals surface area contributed by atoms with Crippen LogP contribution in [-0.2, 0) is 0 Å². The topological polar surface area (TPSA) is 26.0 Å². The summed E-state index contributed by atoms with van der Waals surface area (Å²) in [4.78, 5) is 4.04. The van der Waals surface area contributed by atoms with Gasteiger partial charge in [0.15, 0.2) is 0 Å². The fourth-order valence-corrected chi connectivity index (χ4v) is 1.27. The predicted molar refractivity (Wildman–Crippen MR) is 46.8 cm³/mol. The van der Waals surface area contributed by atoms with Gasteiger partial charge in [-0.1, -0.05) is 23.9 Å². The molecule has 0 bridgehead atoms. The summed E-state index contributed by atoms with van der Waals surface area (Å²) in [6, 6.07) is 0. The maximum Gasteiger partial charge on any atom is 0.256 e. The third-order valence-electron chi connectivity index (χ3n) is 1.04. The van der Waals surface area contributed by atoms with E-state index in [0.717, 1.165) is 22.3 Å². The molecule has 0 atom stereocenters. The Morgan fingerprint density at radius 1 is 1.82 bits per heavy atom. The molecule has 0 aliphatic heterocycles. The van der Waals surface area contributed by atoms with Gasteiger partial charge in [-0.15, -0.1) is 0 Å². The van der Waals surface area contributed by atoms with Gasteiger partial charge in [-0.2, -0.15) is 0 Å². The van der Waals surface area contributed by atoms with E-state index in [1.54, 1.807) is 18.0 Å². The molecule has 0 unspecified atom stereocenters. The largest absolute Gasteiger partial charge is 0.437 e. The molecule has 0 amide bonds. The van der Waals surface area contributed by atoms with Crippen molar-refractivity contribution in [1.29, 1.82) is 0 Å². The lowest BCUT2D eigenvalue weighted by Gasteiger charge is -1.93. The number of oxazole rings is 1. The van der Waals surface area contributed by atoms with E-state index in [9.17, 15) is 0 Å². The van der Waals surface area contributed by atoms with E-state index in [1.165, 1.54) is 0 Å². The van der Waals surface area contributed by atoms with E-state index < -0.39 is 0 Å². The van der Waals surface area contributed by atoms with Gasteiger partial charge in [-0.05, 0) is 13.8 Å². The molecule has 0 aliphatic rings. The van der Waals surface area contributed by atoms with Crippen molar-refractivity contribution < 1.29 is 4.42 Å². The van der Waals surface area contributed by atoms with Crippen molar-refractivity contribution in [3.05, 3.63) is 24.1 Å². The molecule has 0 aliphatic carbocycles. The lowest BCUT2D eigenvalue weighted by molar-refractivity contribution is 0.431. The van der Waals surface area contributed by atoms with E-state index in [1.807, 2.05) is 13.8 Å². The van der Waals surface area contributed by atoms with E-state index in [0.29, 0.717) is 0 Å². The second-order valence-electron chi connectivity index (χ2n) is 2.48. The van der Waals surface area contributed by atoms with Crippen molar-refractivity contribution in [2.45, 2.75) is 19.1 Å². The zero-order valence-corrected chi connectivity index (χ0v) is 7.57. The highest BCUT2D eigenvalue weighted by molar-refractivity contribution is 7.99. The van der Waals surface area contributed by atoms with Gasteiger partial charge in [-0.25, -0.2) is 4.98 Å². The molecule has 0 saturated carbocycles. The Labute approximate surface area is 70.7 Å². The van der Waals surface area contributed by atoms with Crippen molar-refractivity contribution in [1.82, 2.24) is 4.98 Å².